The average molecular weight is 216 g/mol. The summed E-state index contributed by atoms with van der Waals surface area (Å²) >= 11 is 0. The number of fused-ring (bicyclic) bond motifs is 3. The first kappa shape index (κ1) is 11.6. The zero-order valence-corrected chi connectivity index (χ0v) is 10.3. The highest BCUT2D eigenvalue weighted by Gasteiger charge is 2.47. The lowest BCUT2D eigenvalue weighted by atomic mass is 9.54. The molecule has 16 heavy (non-hydrogen) atoms. The summed E-state index contributed by atoms with van der Waals surface area (Å²) in [4.78, 5) is 0. The second-order valence-electron chi connectivity index (χ2n) is 6.01. The fraction of sp³-hybridized carbons (Fsp3) is 0.733. The molecule has 1 N–H and O–H groups in total. The zero-order valence-electron chi connectivity index (χ0n) is 10.3. The standard InChI is InChI=1S/C15H20O/c1-4-14-7-10-15(11-8-14,12-9-14)6-5-13(2,3)16/h1,16H,7-12H2,2-3H3. The van der Waals surface area contributed by atoms with E-state index in [9.17, 15) is 5.11 Å². The average Bonchev–Trinajstić information content (AvgIpc) is 2.28. The van der Waals surface area contributed by atoms with Crippen LogP contribution in [0, 0.1) is 35.0 Å². The van der Waals surface area contributed by atoms with Gasteiger partial charge in [0.15, 0.2) is 0 Å². The summed E-state index contributed by atoms with van der Waals surface area (Å²) in [6, 6.07) is 0. The Morgan fingerprint density at radius 2 is 1.44 bits per heavy atom. The quantitative estimate of drug-likeness (QED) is 0.617. The van der Waals surface area contributed by atoms with Crippen molar-refractivity contribution in [1.29, 1.82) is 0 Å². The lowest BCUT2D eigenvalue weighted by Crippen LogP contribution is -2.40. The summed E-state index contributed by atoms with van der Waals surface area (Å²) < 4.78 is 0. The SMILES string of the molecule is C#CC12CCC(C#CC(C)(C)O)(CC1)CC2. The Morgan fingerprint density at radius 3 is 1.81 bits per heavy atom. The normalized spacial score (nSPS) is 37.4. The summed E-state index contributed by atoms with van der Waals surface area (Å²) in [7, 11) is 0. The molecule has 0 aromatic rings. The predicted octanol–water partition coefficient (Wildman–Crippen LogP) is 2.73. The van der Waals surface area contributed by atoms with Gasteiger partial charge in [-0.1, -0.05) is 17.8 Å². The van der Waals surface area contributed by atoms with Crippen LogP contribution >= 0.6 is 0 Å². The van der Waals surface area contributed by atoms with Gasteiger partial charge in [0.2, 0.25) is 0 Å². The molecule has 3 saturated carbocycles. The van der Waals surface area contributed by atoms with Gasteiger partial charge in [0.05, 0.1) is 0 Å². The maximum absolute atomic E-state index is 9.66. The summed E-state index contributed by atoms with van der Waals surface area (Å²) in [5.74, 6) is 9.32. The van der Waals surface area contributed by atoms with Crippen molar-refractivity contribution in [3.63, 3.8) is 0 Å². The van der Waals surface area contributed by atoms with Crippen LogP contribution in [0.5, 0.6) is 0 Å². The molecule has 0 radical (unpaired) electrons. The van der Waals surface area contributed by atoms with Crippen LogP contribution in [-0.2, 0) is 0 Å². The molecule has 0 aliphatic heterocycles. The number of terminal acetylenes is 1. The number of hydrogen-bond donors (Lipinski definition) is 1. The van der Waals surface area contributed by atoms with Crippen LogP contribution in [0.15, 0.2) is 0 Å². The van der Waals surface area contributed by atoms with Gasteiger partial charge in [0.1, 0.15) is 5.60 Å². The smallest absolute Gasteiger partial charge is 0.119 e. The van der Waals surface area contributed by atoms with Crippen molar-refractivity contribution in [2.75, 3.05) is 0 Å². The van der Waals surface area contributed by atoms with Crippen LogP contribution in [-0.4, -0.2) is 10.7 Å². The van der Waals surface area contributed by atoms with Crippen LogP contribution in [0.3, 0.4) is 0 Å². The lowest BCUT2D eigenvalue weighted by Gasteiger charge is -2.48. The lowest BCUT2D eigenvalue weighted by molar-refractivity contribution is 0.0707. The van der Waals surface area contributed by atoms with E-state index >= 15 is 0 Å². The fourth-order valence-electron chi connectivity index (χ4n) is 2.88. The molecule has 0 unspecified atom stereocenters. The minimum atomic E-state index is -0.868. The highest BCUT2D eigenvalue weighted by atomic mass is 16.3. The molecule has 0 aromatic carbocycles. The highest BCUT2D eigenvalue weighted by Crippen LogP contribution is 2.56. The largest absolute Gasteiger partial charge is 0.378 e. The molecule has 1 heteroatoms. The summed E-state index contributed by atoms with van der Waals surface area (Å²) in [5.41, 5.74) is -0.538. The van der Waals surface area contributed by atoms with E-state index in [0.717, 1.165) is 38.5 Å². The van der Waals surface area contributed by atoms with Crippen molar-refractivity contribution in [3.8, 4) is 24.2 Å². The van der Waals surface area contributed by atoms with Gasteiger partial charge >= 0.3 is 0 Å². The molecule has 0 atom stereocenters. The Kier molecular flexibility index (Phi) is 2.56. The molecular weight excluding hydrogens is 196 g/mol. The Labute approximate surface area is 98.6 Å². The summed E-state index contributed by atoms with van der Waals surface area (Å²) in [5, 5.41) is 9.66. The van der Waals surface area contributed by atoms with Gasteiger partial charge in [-0.2, -0.15) is 0 Å². The molecule has 1 nitrogen and oxygen atoms in total. The Morgan fingerprint density at radius 1 is 1.00 bits per heavy atom. The first-order chi connectivity index (χ1) is 7.39. The molecule has 0 aromatic heterocycles. The second-order valence-corrected chi connectivity index (χ2v) is 6.01. The molecule has 0 spiro atoms. The number of rotatable bonds is 0. The third-order valence-corrected chi connectivity index (χ3v) is 4.19. The minimum Gasteiger partial charge on any atom is -0.378 e. The monoisotopic (exact) mass is 216 g/mol. The molecule has 0 saturated heterocycles. The molecule has 0 amide bonds. The summed E-state index contributed by atoms with van der Waals surface area (Å²) in [6.07, 6.45) is 12.3. The minimum absolute atomic E-state index is 0.151. The topological polar surface area (TPSA) is 20.2 Å². The van der Waals surface area contributed by atoms with Crippen molar-refractivity contribution < 1.29 is 5.11 Å². The maximum Gasteiger partial charge on any atom is 0.119 e. The first-order valence-electron chi connectivity index (χ1n) is 6.13. The maximum atomic E-state index is 9.66. The van der Waals surface area contributed by atoms with Gasteiger partial charge in [-0.25, -0.2) is 0 Å². The number of aliphatic hydroxyl groups is 1. The van der Waals surface area contributed by atoms with Crippen molar-refractivity contribution in [2.24, 2.45) is 10.8 Å². The van der Waals surface area contributed by atoms with Gasteiger partial charge in [0.25, 0.3) is 0 Å². The van der Waals surface area contributed by atoms with E-state index in [-0.39, 0.29) is 10.8 Å². The number of hydrogen-bond acceptors (Lipinski definition) is 1. The third-order valence-electron chi connectivity index (χ3n) is 4.19. The highest BCUT2D eigenvalue weighted by molar-refractivity contribution is 5.24. The molecule has 86 valence electrons. The van der Waals surface area contributed by atoms with Gasteiger partial charge in [-0.05, 0) is 52.4 Å². The van der Waals surface area contributed by atoms with E-state index in [2.05, 4.69) is 17.8 Å². The molecule has 3 aliphatic carbocycles. The molecule has 0 heterocycles. The zero-order chi connectivity index (χ0) is 11.9. The van der Waals surface area contributed by atoms with Crippen LogP contribution in [0.4, 0.5) is 0 Å². The van der Waals surface area contributed by atoms with Crippen molar-refractivity contribution >= 4 is 0 Å². The fourth-order valence-corrected chi connectivity index (χ4v) is 2.88. The van der Waals surface area contributed by atoms with Crippen molar-refractivity contribution in [2.45, 2.75) is 58.0 Å². The van der Waals surface area contributed by atoms with E-state index in [0.29, 0.717) is 0 Å². The third kappa shape index (κ3) is 2.11. The second kappa shape index (κ2) is 3.54. The molecule has 2 bridgehead atoms. The van der Waals surface area contributed by atoms with E-state index in [4.69, 9.17) is 6.42 Å². The Hall–Kier alpha value is -0.920. The van der Waals surface area contributed by atoms with Crippen LogP contribution < -0.4 is 0 Å². The van der Waals surface area contributed by atoms with Crippen LogP contribution in [0.2, 0.25) is 0 Å². The Balaban J connectivity index is 2.14. The van der Waals surface area contributed by atoms with E-state index < -0.39 is 5.60 Å². The van der Waals surface area contributed by atoms with Crippen LogP contribution in [0.1, 0.15) is 52.4 Å². The Bertz CT molecular complexity index is 356. The van der Waals surface area contributed by atoms with Crippen molar-refractivity contribution in [3.05, 3.63) is 0 Å². The van der Waals surface area contributed by atoms with E-state index in [1.54, 1.807) is 13.8 Å². The molecule has 3 aliphatic rings. The van der Waals surface area contributed by atoms with Gasteiger partial charge in [0, 0.05) is 10.8 Å². The van der Waals surface area contributed by atoms with Gasteiger partial charge in [-0.3, -0.25) is 0 Å². The summed E-state index contributed by atoms with van der Waals surface area (Å²) in [6.45, 7) is 3.49. The van der Waals surface area contributed by atoms with Gasteiger partial charge < -0.3 is 5.11 Å². The van der Waals surface area contributed by atoms with Crippen LogP contribution in [0.25, 0.3) is 0 Å². The first-order valence-corrected chi connectivity index (χ1v) is 6.13. The molecule has 3 rings (SSSR count). The van der Waals surface area contributed by atoms with E-state index in [1.807, 2.05) is 0 Å². The van der Waals surface area contributed by atoms with E-state index in [1.165, 1.54) is 0 Å². The van der Waals surface area contributed by atoms with Crippen molar-refractivity contribution in [1.82, 2.24) is 0 Å². The van der Waals surface area contributed by atoms with Gasteiger partial charge in [-0.15, -0.1) is 6.42 Å². The molecular formula is C15H20O. The predicted molar refractivity (Wildman–Crippen MR) is 65.5 cm³/mol. The molecule has 3 fully saturated rings.